The van der Waals surface area contributed by atoms with Gasteiger partial charge in [0.2, 0.25) is 5.91 Å². The Morgan fingerprint density at radius 2 is 2.12 bits per heavy atom. The Labute approximate surface area is 94.8 Å². The summed E-state index contributed by atoms with van der Waals surface area (Å²) in [4.78, 5) is 11.7. The summed E-state index contributed by atoms with van der Waals surface area (Å²) in [6.45, 7) is 7.01. The van der Waals surface area contributed by atoms with Gasteiger partial charge in [-0.1, -0.05) is 5.16 Å². The van der Waals surface area contributed by atoms with Crippen molar-refractivity contribution in [2.45, 2.75) is 39.7 Å². The van der Waals surface area contributed by atoms with Crippen LogP contribution in [0.25, 0.3) is 0 Å². The van der Waals surface area contributed by atoms with Crippen molar-refractivity contribution in [2.24, 2.45) is 0 Å². The Bertz CT molecular complexity index is 363. The molecule has 1 aromatic rings. The van der Waals surface area contributed by atoms with E-state index in [1.807, 2.05) is 0 Å². The van der Waals surface area contributed by atoms with Crippen molar-refractivity contribution >= 4 is 5.91 Å². The lowest BCUT2D eigenvalue weighted by molar-refractivity contribution is -0.122. The number of aliphatic hydroxyl groups is 1. The maximum atomic E-state index is 11.7. The molecule has 1 amide bonds. The average Bonchev–Trinajstić information content (AvgIpc) is 2.49. The highest BCUT2D eigenvalue weighted by molar-refractivity contribution is 5.79. The Kier molecular flexibility index (Phi) is 3.70. The Hall–Kier alpha value is -1.36. The summed E-state index contributed by atoms with van der Waals surface area (Å²) in [7, 11) is 0. The molecule has 0 atom stereocenters. The number of amides is 1. The second-order valence-corrected chi connectivity index (χ2v) is 4.57. The monoisotopic (exact) mass is 226 g/mol. The third kappa shape index (κ3) is 3.06. The summed E-state index contributed by atoms with van der Waals surface area (Å²) in [6, 6.07) is 0. The van der Waals surface area contributed by atoms with Gasteiger partial charge in [0.1, 0.15) is 5.76 Å². The van der Waals surface area contributed by atoms with Crippen LogP contribution in [-0.4, -0.2) is 28.3 Å². The van der Waals surface area contributed by atoms with Gasteiger partial charge >= 0.3 is 0 Å². The van der Waals surface area contributed by atoms with Crippen LogP contribution in [0.3, 0.4) is 0 Å². The molecule has 0 fully saturated rings. The number of nitrogens with one attached hydrogen (secondary N) is 1. The highest BCUT2D eigenvalue weighted by atomic mass is 16.5. The summed E-state index contributed by atoms with van der Waals surface area (Å²) in [5.74, 6) is 0.517. The van der Waals surface area contributed by atoms with Crippen molar-refractivity contribution in [3.63, 3.8) is 0 Å². The normalized spacial score (nSPS) is 11.6. The predicted molar refractivity (Wildman–Crippen MR) is 59.0 cm³/mol. The van der Waals surface area contributed by atoms with Gasteiger partial charge in [0.25, 0.3) is 0 Å². The highest BCUT2D eigenvalue weighted by Gasteiger charge is 2.21. The molecule has 0 aliphatic carbocycles. The molecular formula is C11H18N2O3. The smallest absolute Gasteiger partial charge is 0.225 e. The molecule has 1 aromatic heterocycles. The van der Waals surface area contributed by atoms with Crippen LogP contribution in [0.2, 0.25) is 0 Å². The molecule has 5 heteroatoms. The van der Waals surface area contributed by atoms with E-state index in [4.69, 9.17) is 9.63 Å². The van der Waals surface area contributed by atoms with E-state index in [2.05, 4.69) is 10.5 Å². The van der Waals surface area contributed by atoms with E-state index in [1.54, 1.807) is 27.7 Å². The van der Waals surface area contributed by atoms with Gasteiger partial charge in [0.05, 0.1) is 24.3 Å². The van der Waals surface area contributed by atoms with Crippen LogP contribution in [0, 0.1) is 13.8 Å². The standard InChI is InChI=1S/C11H18N2O3/c1-7-9(8(2)16-13-7)5-10(15)12-11(3,4)6-14/h14H,5-6H2,1-4H3,(H,12,15). The molecule has 0 radical (unpaired) electrons. The van der Waals surface area contributed by atoms with Gasteiger partial charge < -0.3 is 14.9 Å². The Morgan fingerprint density at radius 1 is 1.50 bits per heavy atom. The SMILES string of the molecule is Cc1noc(C)c1CC(=O)NC(C)(C)CO. The fourth-order valence-corrected chi connectivity index (χ4v) is 1.38. The first-order valence-corrected chi connectivity index (χ1v) is 5.19. The fourth-order valence-electron chi connectivity index (χ4n) is 1.38. The number of aryl methyl sites for hydroxylation is 2. The van der Waals surface area contributed by atoms with Crippen LogP contribution >= 0.6 is 0 Å². The summed E-state index contributed by atoms with van der Waals surface area (Å²) in [5.41, 5.74) is 0.941. The molecule has 0 aliphatic heterocycles. The number of hydrogen-bond acceptors (Lipinski definition) is 4. The van der Waals surface area contributed by atoms with Gasteiger partial charge in [-0.2, -0.15) is 0 Å². The maximum Gasteiger partial charge on any atom is 0.225 e. The van der Waals surface area contributed by atoms with Crippen LogP contribution in [0.15, 0.2) is 4.52 Å². The van der Waals surface area contributed by atoms with E-state index in [9.17, 15) is 4.79 Å². The summed E-state index contributed by atoms with van der Waals surface area (Å²) in [5, 5.41) is 15.6. The number of carbonyl (C=O) groups is 1. The topological polar surface area (TPSA) is 75.4 Å². The number of hydrogen-bond donors (Lipinski definition) is 2. The molecule has 0 spiro atoms. The molecule has 5 nitrogen and oxygen atoms in total. The molecular weight excluding hydrogens is 208 g/mol. The van der Waals surface area contributed by atoms with E-state index >= 15 is 0 Å². The zero-order valence-electron chi connectivity index (χ0n) is 10.1. The zero-order chi connectivity index (χ0) is 12.3. The zero-order valence-corrected chi connectivity index (χ0v) is 10.1. The molecule has 16 heavy (non-hydrogen) atoms. The first-order valence-electron chi connectivity index (χ1n) is 5.19. The third-order valence-corrected chi connectivity index (χ3v) is 2.39. The summed E-state index contributed by atoms with van der Waals surface area (Å²) >= 11 is 0. The number of carbonyl (C=O) groups excluding carboxylic acids is 1. The molecule has 0 unspecified atom stereocenters. The fraction of sp³-hybridized carbons (Fsp3) is 0.636. The highest BCUT2D eigenvalue weighted by Crippen LogP contribution is 2.13. The second kappa shape index (κ2) is 4.65. The number of nitrogens with zero attached hydrogens (tertiary/aromatic N) is 1. The van der Waals surface area contributed by atoms with Crippen molar-refractivity contribution in [1.29, 1.82) is 0 Å². The summed E-state index contributed by atoms with van der Waals surface area (Å²) < 4.78 is 4.97. The number of aromatic nitrogens is 1. The minimum atomic E-state index is -0.601. The van der Waals surface area contributed by atoms with E-state index in [0.29, 0.717) is 5.76 Å². The van der Waals surface area contributed by atoms with Crippen molar-refractivity contribution in [2.75, 3.05) is 6.61 Å². The van der Waals surface area contributed by atoms with Crippen molar-refractivity contribution in [3.8, 4) is 0 Å². The molecule has 0 aromatic carbocycles. The minimum Gasteiger partial charge on any atom is -0.394 e. The molecule has 0 saturated carbocycles. The van der Waals surface area contributed by atoms with E-state index in [-0.39, 0.29) is 18.9 Å². The van der Waals surface area contributed by atoms with E-state index in [1.165, 1.54) is 0 Å². The van der Waals surface area contributed by atoms with Crippen LogP contribution in [0.5, 0.6) is 0 Å². The average molecular weight is 226 g/mol. The first-order chi connectivity index (χ1) is 7.35. The quantitative estimate of drug-likeness (QED) is 0.793. The van der Waals surface area contributed by atoms with Crippen molar-refractivity contribution in [3.05, 3.63) is 17.0 Å². The van der Waals surface area contributed by atoms with Crippen molar-refractivity contribution in [1.82, 2.24) is 10.5 Å². The van der Waals surface area contributed by atoms with Crippen molar-refractivity contribution < 1.29 is 14.4 Å². The lowest BCUT2D eigenvalue weighted by Gasteiger charge is -2.23. The molecule has 0 saturated heterocycles. The van der Waals surface area contributed by atoms with E-state index < -0.39 is 5.54 Å². The minimum absolute atomic E-state index is 0.0969. The molecule has 1 heterocycles. The third-order valence-electron chi connectivity index (χ3n) is 2.39. The first kappa shape index (κ1) is 12.7. The molecule has 0 bridgehead atoms. The molecule has 2 N–H and O–H groups in total. The van der Waals surface area contributed by atoms with Gasteiger partial charge in [-0.15, -0.1) is 0 Å². The molecule has 1 rings (SSSR count). The molecule has 90 valence electrons. The maximum absolute atomic E-state index is 11.7. The molecule has 0 aliphatic rings. The van der Waals surface area contributed by atoms with Crippen LogP contribution in [0.1, 0.15) is 30.9 Å². The lowest BCUT2D eigenvalue weighted by Crippen LogP contribution is -2.46. The Morgan fingerprint density at radius 3 is 2.56 bits per heavy atom. The predicted octanol–water partition coefficient (Wildman–Crippen LogP) is 0.721. The van der Waals surface area contributed by atoms with Gasteiger partial charge in [0.15, 0.2) is 0 Å². The number of aliphatic hydroxyl groups excluding tert-OH is 1. The van der Waals surface area contributed by atoms with Gasteiger partial charge in [-0.3, -0.25) is 4.79 Å². The van der Waals surface area contributed by atoms with Crippen LogP contribution in [-0.2, 0) is 11.2 Å². The van der Waals surface area contributed by atoms with Gasteiger partial charge in [0, 0.05) is 5.56 Å². The largest absolute Gasteiger partial charge is 0.394 e. The summed E-state index contributed by atoms with van der Waals surface area (Å²) in [6.07, 6.45) is 0.227. The Balaban J connectivity index is 2.66. The van der Waals surface area contributed by atoms with Crippen LogP contribution < -0.4 is 5.32 Å². The van der Waals surface area contributed by atoms with Gasteiger partial charge in [-0.25, -0.2) is 0 Å². The van der Waals surface area contributed by atoms with E-state index in [0.717, 1.165) is 11.3 Å². The second-order valence-electron chi connectivity index (χ2n) is 4.57. The number of rotatable bonds is 4. The van der Waals surface area contributed by atoms with Gasteiger partial charge in [-0.05, 0) is 27.7 Å². The lowest BCUT2D eigenvalue weighted by atomic mass is 10.1. The van der Waals surface area contributed by atoms with Crippen LogP contribution in [0.4, 0.5) is 0 Å².